The zero-order chi connectivity index (χ0) is 14.4. The fourth-order valence-corrected chi connectivity index (χ4v) is 3.12. The molecule has 2 aromatic carbocycles. The Bertz CT molecular complexity index is 637. The summed E-state index contributed by atoms with van der Waals surface area (Å²) in [6.45, 7) is 0.831. The van der Waals surface area contributed by atoms with Crippen LogP contribution in [0, 0.1) is 0 Å². The van der Waals surface area contributed by atoms with Crippen molar-refractivity contribution in [1.82, 2.24) is 0 Å². The van der Waals surface area contributed by atoms with Crippen molar-refractivity contribution in [2.45, 2.75) is 9.79 Å². The summed E-state index contributed by atoms with van der Waals surface area (Å²) in [7, 11) is -3.11. The van der Waals surface area contributed by atoms with E-state index < -0.39 is 9.84 Å². The van der Waals surface area contributed by atoms with Gasteiger partial charge in [0.05, 0.1) is 4.90 Å². The smallest absolute Gasteiger partial charge is 0.175 e. The first kappa shape index (κ1) is 14.9. The van der Waals surface area contributed by atoms with Crippen molar-refractivity contribution in [1.29, 1.82) is 0 Å². The van der Waals surface area contributed by atoms with Crippen LogP contribution in [0.5, 0.6) is 0 Å². The summed E-state index contributed by atoms with van der Waals surface area (Å²) in [6.07, 6.45) is 1.21. The van der Waals surface area contributed by atoms with Gasteiger partial charge >= 0.3 is 0 Å². The van der Waals surface area contributed by atoms with E-state index in [0.29, 0.717) is 4.90 Å². The minimum absolute atomic E-state index is 0.349. The highest BCUT2D eigenvalue weighted by atomic mass is 32.2. The number of anilines is 1. The number of hydrogen-bond acceptors (Lipinski definition) is 4. The molecule has 0 heterocycles. The molecule has 0 amide bonds. The summed E-state index contributed by atoms with van der Waals surface area (Å²) in [5.41, 5.74) is 0.936. The van der Waals surface area contributed by atoms with Crippen molar-refractivity contribution in [3.63, 3.8) is 0 Å². The molecule has 106 valence electrons. The summed E-state index contributed by atoms with van der Waals surface area (Å²) < 4.78 is 22.7. The van der Waals surface area contributed by atoms with Gasteiger partial charge in [-0.25, -0.2) is 8.42 Å². The molecule has 20 heavy (non-hydrogen) atoms. The van der Waals surface area contributed by atoms with Crippen LogP contribution >= 0.6 is 11.8 Å². The van der Waals surface area contributed by atoms with Crippen molar-refractivity contribution >= 4 is 27.3 Å². The van der Waals surface area contributed by atoms with Crippen LogP contribution in [0.3, 0.4) is 0 Å². The molecule has 0 saturated carbocycles. The van der Waals surface area contributed by atoms with E-state index in [0.717, 1.165) is 18.0 Å². The van der Waals surface area contributed by atoms with E-state index >= 15 is 0 Å². The first-order valence-electron chi connectivity index (χ1n) is 6.27. The summed E-state index contributed by atoms with van der Waals surface area (Å²) in [5, 5.41) is 3.28. The lowest BCUT2D eigenvalue weighted by Crippen LogP contribution is -2.04. The zero-order valence-corrected chi connectivity index (χ0v) is 12.9. The van der Waals surface area contributed by atoms with Crippen LogP contribution < -0.4 is 5.32 Å². The first-order chi connectivity index (χ1) is 9.55. The second-order valence-corrected chi connectivity index (χ2v) is 7.57. The van der Waals surface area contributed by atoms with Gasteiger partial charge in [0.2, 0.25) is 0 Å². The minimum Gasteiger partial charge on any atom is -0.384 e. The van der Waals surface area contributed by atoms with E-state index in [1.54, 1.807) is 36.0 Å². The third-order valence-electron chi connectivity index (χ3n) is 2.73. The van der Waals surface area contributed by atoms with Gasteiger partial charge in [0.1, 0.15) is 0 Å². The van der Waals surface area contributed by atoms with E-state index in [2.05, 4.69) is 17.4 Å². The Morgan fingerprint density at radius 1 is 1.00 bits per heavy atom. The highest BCUT2D eigenvalue weighted by Crippen LogP contribution is 2.17. The fraction of sp³-hybridized carbons (Fsp3) is 0.200. The van der Waals surface area contributed by atoms with Gasteiger partial charge in [-0.15, -0.1) is 11.8 Å². The van der Waals surface area contributed by atoms with Crippen molar-refractivity contribution in [3.05, 3.63) is 54.6 Å². The Balaban J connectivity index is 1.80. The normalized spacial score (nSPS) is 11.2. The molecule has 0 aliphatic heterocycles. The molecule has 3 nitrogen and oxygen atoms in total. The fourth-order valence-electron chi connectivity index (χ4n) is 1.70. The predicted molar refractivity (Wildman–Crippen MR) is 85.2 cm³/mol. The van der Waals surface area contributed by atoms with Crippen LogP contribution in [-0.2, 0) is 9.84 Å². The third-order valence-corrected chi connectivity index (χ3v) is 4.87. The van der Waals surface area contributed by atoms with Crippen LogP contribution in [0.1, 0.15) is 0 Å². The molecule has 0 aliphatic rings. The van der Waals surface area contributed by atoms with Gasteiger partial charge in [-0.05, 0) is 36.4 Å². The van der Waals surface area contributed by atoms with Crippen molar-refractivity contribution in [2.75, 3.05) is 23.9 Å². The number of rotatable bonds is 6. The molecule has 0 fully saturated rings. The van der Waals surface area contributed by atoms with E-state index in [4.69, 9.17) is 0 Å². The third kappa shape index (κ3) is 4.58. The molecule has 0 radical (unpaired) electrons. The number of sulfone groups is 1. The Hall–Kier alpha value is -1.46. The first-order valence-corrected chi connectivity index (χ1v) is 9.15. The standard InChI is InChI=1S/C15H17NO2S2/c1-20(17,18)15-9-7-13(8-10-15)16-11-12-19-14-5-3-2-4-6-14/h2-10,16H,11-12H2,1H3. The molecule has 1 N–H and O–H groups in total. The van der Waals surface area contributed by atoms with Gasteiger partial charge in [-0.3, -0.25) is 0 Å². The van der Waals surface area contributed by atoms with Gasteiger partial charge in [-0.1, -0.05) is 18.2 Å². The van der Waals surface area contributed by atoms with Crippen LogP contribution in [-0.4, -0.2) is 27.0 Å². The van der Waals surface area contributed by atoms with Crippen LogP contribution in [0.25, 0.3) is 0 Å². The second kappa shape index (κ2) is 6.81. The molecule has 2 rings (SSSR count). The van der Waals surface area contributed by atoms with Crippen molar-refractivity contribution in [2.24, 2.45) is 0 Å². The zero-order valence-electron chi connectivity index (χ0n) is 11.2. The highest BCUT2D eigenvalue weighted by Gasteiger charge is 2.05. The Labute approximate surface area is 124 Å². The molecule has 0 atom stereocenters. The average Bonchev–Trinajstić information content (AvgIpc) is 2.44. The minimum atomic E-state index is -3.11. The average molecular weight is 307 g/mol. The molecule has 2 aromatic rings. The molecule has 0 aromatic heterocycles. The van der Waals surface area contributed by atoms with Crippen molar-refractivity contribution in [3.8, 4) is 0 Å². The summed E-state index contributed by atoms with van der Waals surface area (Å²) in [6, 6.07) is 17.1. The lowest BCUT2D eigenvalue weighted by Gasteiger charge is -2.07. The van der Waals surface area contributed by atoms with E-state index in [1.807, 2.05) is 18.2 Å². The SMILES string of the molecule is CS(=O)(=O)c1ccc(NCCSc2ccccc2)cc1. The largest absolute Gasteiger partial charge is 0.384 e. The van der Waals surface area contributed by atoms with Gasteiger partial charge in [0.25, 0.3) is 0 Å². The second-order valence-electron chi connectivity index (χ2n) is 4.38. The van der Waals surface area contributed by atoms with E-state index in [1.165, 1.54) is 11.2 Å². The van der Waals surface area contributed by atoms with Gasteiger partial charge < -0.3 is 5.32 Å². The van der Waals surface area contributed by atoms with Crippen LogP contribution in [0.2, 0.25) is 0 Å². The topological polar surface area (TPSA) is 46.2 Å². The van der Waals surface area contributed by atoms with Gasteiger partial charge in [0, 0.05) is 29.1 Å². The Kier molecular flexibility index (Phi) is 5.09. The molecule has 0 spiro atoms. The molecule has 5 heteroatoms. The molecular formula is C15H17NO2S2. The van der Waals surface area contributed by atoms with E-state index in [-0.39, 0.29) is 0 Å². The maximum Gasteiger partial charge on any atom is 0.175 e. The summed E-state index contributed by atoms with van der Waals surface area (Å²) >= 11 is 1.79. The summed E-state index contributed by atoms with van der Waals surface area (Å²) in [5.74, 6) is 0.956. The molecule has 0 bridgehead atoms. The molecular weight excluding hydrogens is 290 g/mol. The predicted octanol–water partition coefficient (Wildman–Crippen LogP) is 3.29. The number of nitrogens with one attached hydrogen (secondary N) is 1. The number of thioether (sulfide) groups is 1. The molecule has 0 aliphatic carbocycles. The maximum absolute atomic E-state index is 11.3. The Morgan fingerprint density at radius 2 is 1.65 bits per heavy atom. The highest BCUT2D eigenvalue weighted by molar-refractivity contribution is 7.99. The van der Waals surface area contributed by atoms with Crippen LogP contribution in [0.15, 0.2) is 64.4 Å². The van der Waals surface area contributed by atoms with Gasteiger partial charge in [-0.2, -0.15) is 0 Å². The summed E-state index contributed by atoms with van der Waals surface area (Å²) in [4.78, 5) is 1.60. The molecule has 0 saturated heterocycles. The van der Waals surface area contributed by atoms with Gasteiger partial charge in [0.15, 0.2) is 9.84 Å². The monoisotopic (exact) mass is 307 g/mol. The van der Waals surface area contributed by atoms with Crippen LogP contribution in [0.4, 0.5) is 5.69 Å². The Morgan fingerprint density at radius 3 is 2.25 bits per heavy atom. The van der Waals surface area contributed by atoms with Crippen molar-refractivity contribution < 1.29 is 8.42 Å². The quantitative estimate of drug-likeness (QED) is 0.657. The van der Waals surface area contributed by atoms with E-state index in [9.17, 15) is 8.42 Å². The number of benzene rings is 2. The molecule has 0 unspecified atom stereocenters. The lowest BCUT2D eigenvalue weighted by molar-refractivity contribution is 0.602. The number of hydrogen-bond donors (Lipinski definition) is 1. The lowest BCUT2D eigenvalue weighted by atomic mass is 10.3. The maximum atomic E-state index is 11.3.